The molecule has 1 saturated carbocycles. The average molecular weight is 243 g/mol. The number of oxime groups is 1. The molecular formula is C11H21N3O3. The van der Waals surface area contributed by atoms with Crippen LogP contribution in [0.4, 0.5) is 0 Å². The summed E-state index contributed by atoms with van der Waals surface area (Å²) in [5.41, 5.74) is 4.32. The van der Waals surface area contributed by atoms with E-state index in [-0.39, 0.29) is 17.3 Å². The highest BCUT2D eigenvalue weighted by Gasteiger charge is 2.40. The number of amides is 1. The molecule has 6 heteroatoms. The van der Waals surface area contributed by atoms with Crippen LogP contribution in [0.25, 0.3) is 0 Å². The Morgan fingerprint density at radius 2 is 2.18 bits per heavy atom. The van der Waals surface area contributed by atoms with Crippen LogP contribution in [0.1, 0.15) is 39.5 Å². The molecule has 1 aliphatic rings. The van der Waals surface area contributed by atoms with Gasteiger partial charge in [0.1, 0.15) is 0 Å². The molecule has 0 saturated heterocycles. The van der Waals surface area contributed by atoms with E-state index in [0.717, 1.165) is 19.3 Å². The predicted molar refractivity (Wildman–Crippen MR) is 63.8 cm³/mol. The lowest BCUT2D eigenvalue weighted by molar-refractivity contribution is -0.135. The first-order valence-corrected chi connectivity index (χ1v) is 5.69. The van der Waals surface area contributed by atoms with E-state index in [0.29, 0.717) is 6.42 Å². The van der Waals surface area contributed by atoms with Crippen molar-refractivity contribution in [1.29, 1.82) is 0 Å². The van der Waals surface area contributed by atoms with Crippen molar-refractivity contribution in [1.82, 2.24) is 5.32 Å². The topological polar surface area (TPSA) is 96.9 Å². The van der Waals surface area contributed by atoms with E-state index in [2.05, 4.69) is 10.5 Å². The second kappa shape index (κ2) is 4.91. The van der Waals surface area contributed by atoms with Crippen LogP contribution in [0.3, 0.4) is 0 Å². The molecule has 4 N–H and O–H groups in total. The van der Waals surface area contributed by atoms with Crippen molar-refractivity contribution in [2.75, 3.05) is 7.11 Å². The van der Waals surface area contributed by atoms with Gasteiger partial charge in [0.05, 0.1) is 17.6 Å². The van der Waals surface area contributed by atoms with Crippen LogP contribution in [-0.4, -0.2) is 35.2 Å². The molecule has 0 aromatic rings. The number of carbonyl (C=O) groups excluding carboxylic acids is 1. The second-order valence-corrected chi connectivity index (χ2v) is 5.08. The fraction of sp³-hybridized carbons (Fsp3) is 0.818. The maximum Gasteiger partial charge on any atom is 0.223 e. The zero-order valence-electron chi connectivity index (χ0n) is 10.6. The van der Waals surface area contributed by atoms with E-state index in [1.165, 1.54) is 0 Å². The van der Waals surface area contributed by atoms with Gasteiger partial charge < -0.3 is 21.0 Å². The molecule has 0 bridgehead atoms. The van der Waals surface area contributed by atoms with Crippen LogP contribution in [0.15, 0.2) is 5.16 Å². The molecule has 1 fully saturated rings. The zero-order chi connectivity index (χ0) is 13.1. The third-order valence-electron chi connectivity index (χ3n) is 3.38. The molecule has 1 aliphatic carbocycles. The Balaban J connectivity index is 2.55. The van der Waals surface area contributed by atoms with Crippen molar-refractivity contribution in [2.24, 2.45) is 10.9 Å². The van der Waals surface area contributed by atoms with Gasteiger partial charge in [-0.2, -0.15) is 0 Å². The highest BCUT2D eigenvalue weighted by Crippen LogP contribution is 2.37. The molecule has 98 valence electrons. The quantitative estimate of drug-likeness (QED) is 0.285. The fourth-order valence-electron chi connectivity index (χ4n) is 1.90. The first-order chi connectivity index (χ1) is 7.85. The molecule has 0 aromatic carbocycles. The van der Waals surface area contributed by atoms with Gasteiger partial charge >= 0.3 is 0 Å². The van der Waals surface area contributed by atoms with Crippen LogP contribution in [0.2, 0.25) is 0 Å². The molecule has 17 heavy (non-hydrogen) atoms. The molecule has 6 nitrogen and oxygen atoms in total. The molecule has 0 radical (unpaired) electrons. The van der Waals surface area contributed by atoms with Gasteiger partial charge in [0.15, 0.2) is 5.84 Å². The maximum absolute atomic E-state index is 11.9. The summed E-state index contributed by atoms with van der Waals surface area (Å²) >= 11 is 0. The Labute approximate surface area is 101 Å². The summed E-state index contributed by atoms with van der Waals surface area (Å²) in [6, 6.07) is 0. The van der Waals surface area contributed by atoms with Gasteiger partial charge in [0.25, 0.3) is 0 Å². The Morgan fingerprint density at radius 3 is 2.53 bits per heavy atom. The molecule has 0 aromatic heterocycles. The highest BCUT2D eigenvalue weighted by molar-refractivity contribution is 5.93. The minimum Gasteiger partial charge on any atom is -0.409 e. The second-order valence-electron chi connectivity index (χ2n) is 5.08. The average Bonchev–Trinajstić information content (AvgIpc) is 2.21. The van der Waals surface area contributed by atoms with Gasteiger partial charge in [-0.3, -0.25) is 4.79 Å². The maximum atomic E-state index is 11.9. The van der Waals surface area contributed by atoms with Gasteiger partial charge in [-0.15, -0.1) is 0 Å². The van der Waals surface area contributed by atoms with Gasteiger partial charge in [-0.05, 0) is 33.1 Å². The summed E-state index contributed by atoms with van der Waals surface area (Å²) in [5, 5.41) is 14.2. The molecule has 0 unspecified atom stereocenters. The lowest BCUT2D eigenvalue weighted by atomic mass is 9.77. The lowest BCUT2D eigenvalue weighted by Crippen LogP contribution is -2.55. The first kappa shape index (κ1) is 13.8. The van der Waals surface area contributed by atoms with Crippen LogP contribution < -0.4 is 11.1 Å². The number of methoxy groups -OCH3 is 1. The highest BCUT2D eigenvalue weighted by atomic mass is 16.5. The molecule has 1 rings (SSSR count). The Bertz CT molecular complexity index is 316. The Morgan fingerprint density at radius 1 is 1.59 bits per heavy atom. The number of amidine groups is 1. The van der Waals surface area contributed by atoms with Gasteiger partial charge in [-0.1, -0.05) is 5.16 Å². The molecule has 0 heterocycles. The van der Waals surface area contributed by atoms with Crippen molar-refractivity contribution in [2.45, 2.75) is 50.7 Å². The minimum atomic E-state index is -0.857. The van der Waals surface area contributed by atoms with Crippen molar-refractivity contribution in [3.8, 4) is 0 Å². The largest absolute Gasteiger partial charge is 0.409 e. The minimum absolute atomic E-state index is 0.0223. The third-order valence-corrected chi connectivity index (χ3v) is 3.38. The van der Waals surface area contributed by atoms with Crippen molar-refractivity contribution in [3.05, 3.63) is 0 Å². The molecule has 0 atom stereocenters. The summed E-state index contributed by atoms with van der Waals surface area (Å²) in [6.45, 7) is 3.36. The monoisotopic (exact) mass is 243 g/mol. The Kier molecular flexibility index (Phi) is 3.98. The lowest BCUT2D eigenvalue weighted by Gasteiger charge is -2.40. The van der Waals surface area contributed by atoms with Crippen molar-refractivity contribution >= 4 is 11.7 Å². The van der Waals surface area contributed by atoms with E-state index < -0.39 is 5.54 Å². The molecular weight excluding hydrogens is 222 g/mol. The summed E-state index contributed by atoms with van der Waals surface area (Å²) in [7, 11) is 1.63. The summed E-state index contributed by atoms with van der Waals surface area (Å²) < 4.78 is 5.37. The molecule has 1 amide bonds. The summed E-state index contributed by atoms with van der Waals surface area (Å²) in [4.78, 5) is 11.9. The van der Waals surface area contributed by atoms with Crippen molar-refractivity contribution < 1.29 is 14.7 Å². The third kappa shape index (κ3) is 3.09. The predicted octanol–water partition coefficient (Wildman–Crippen LogP) is 0.587. The van der Waals surface area contributed by atoms with E-state index in [9.17, 15) is 4.79 Å². The zero-order valence-corrected chi connectivity index (χ0v) is 10.6. The normalized spacial score (nSPS) is 19.6. The van der Waals surface area contributed by atoms with Crippen LogP contribution in [0.5, 0.6) is 0 Å². The standard InChI is InChI=1S/C11H21N3O3/c1-10(2,9(12)14-16)13-8(15)7-11(17-3)5-4-6-11/h16H,4-7H2,1-3H3,(H2,12,14)(H,13,15). The van der Waals surface area contributed by atoms with Crippen LogP contribution in [-0.2, 0) is 9.53 Å². The number of nitrogens with two attached hydrogens (primary N) is 1. The van der Waals surface area contributed by atoms with Crippen molar-refractivity contribution in [3.63, 3.8) is 0 Å². The summed E-state index contributed by atoms with van der Waals surface area (Å²) in [5.74, 6) is -0.172. The molecule has 0 spiro atoms. The first-order valence-electron chi connectivity index (χ1n) is 5.69. The Hall–Kier alpha value is -1.30. The molecule has 0 aliphatic heterocycles. The number of carbonyl (C=O) groups is 1. The van der Waals surface area contributed by atoms with Gasteiger partial charge in [-0.25, -0.2) is 0 Å². The number of ether oxygens (including phenoxy) is 1. The van der Waals surface area contributed by atoms with E-state index in [1.54, 1.807) is 21.0 Å². The van der Waals surface area contributed by atoms with Crippen LogP contribution >= 0.6 is 0 Å². The number of nitrogens with one attached hydrogen (secondary N) is 1. The smallest absolute Gasteiger partial charge is 0.223 e. The number of rotatable bonds is 5. The van der Waals surface area contributed by atoms with E-state index in [1.807, 2.05) is 0 Å². The number of nitrogens with zero attached hydrogens (tertiary/aromatic N) is 1. The number of hydrogen-bond donors (Lipinski definition) is 3. The van der Waals surface area contributed by atoms with E-state index >= 15 is 0 Å². The van der Waals surface area contributed by atoms with Crippen LogP contribution in [0, 0.1) is 0 Å². The SMILES string of the molecule is COC1(CC(=O)NC(C)(C)C(N)=NO)CCC1. The number of hydrogen-bond acceptors (Lipinski definition) is 4. The van der Waals surface area contributed by atoms with E-state index in [4.69, 9.17) is 15.7 Å². The summed E-state index contributed by atoms with van der Waals surface area (Å²) in [6.07, 6.45) is 3.21. The van der Waals surface area contributed by atoms with Gasteiger partial charge in [0, 0.05) is 7.11 Å². The fourth-order valence-corrected chi connectivity index (χ4v) is 1.90. The van der Waals surface area contributed by atoms with Gasteiger partial charge in [0.2, 0.25) is 5.91 Å².